The normalized spacial score (nSPS) is 11.9. The Balaban J connectivity index is 0.000000118. The lowest BCUT2D eigenvalue weighted by molar-refractivity contribution is -0.121. The van der Waals surface area contributed by atoms with Gasteiger partial charge in [-0.05, 0) is 117 Å². The molecule has 5 aromatic carbocycles. The molecule has 22 rings (SSSR count). The topological polar surface area (TPSA) is 531 Å². The third-order valence-electron chi connectivity index (χ3n) is 20.3. The SMILES string of the molecule is CN(C)CCNc1cnc2n[nH]c(-c3cccc(Br)c3)c2n1.C[C@H](Nc1ccnc(-c2[nH]nc3ncc(Cl)nc23)n1)C(=O)NC1CC1.Clc1ccc(CNc2ccnc(-c3c[nH]c4ncc(Cl)nc34)n2)cc1.Clc1cnc2n[nH]c(-c3cccc(Br)c3)c2n1.Fc1cnc(-c2c[nH]c3ncc(Cl)nc23)nc1NCc1ccc(Cl)cc1.O=S(=O)(Cc1ccccc1)Nc1ccnc(-c2[nH]nc3ncc(Cl)nc23)n1. The maximum Gasteiger partial charge on any atom is 0.242 e. The molecule has 1 amide bonds. The number of amides is 1. The van der Waals surface area contributed by atoms with E-state index in [0.29, 0.717) is 153 Å². The number of hydrogen-bond donors (Lipinski definition) is 12. The van der Waals surface area contributed by atoms with E-state index >= 15 is 0 Å². The maximum absolute atomic E-state index is 14.1. The van der Waals surface area contributed by atoms with E-state index < -0.39 is 21.9 Å². The number of carbonyl (C=O) groups is 1. The number of benzene rings is 5. The highest BCUT2D eigenvalue weighted by Gasteiger charge is 2.27. The fourth-order valence-electron chi connectivity index (χ4n) is 13.4. The molecule has 0 radical (unpaired) electrons. The van der Waals surface area contributed by atoms with E-state index in [9.17, 15) is 17.6 Å². The summed E-state index contributed by atoms with van der Waals surface area (Å²) in [5.41, 5.74) is 15.3. The number of carbonyl (C=O) groups excluding carboxylic acids is 1. The molecule has 1 atom stereocenters. The molecule has 0 unspecified atom stereocenters. The van der Waals surface area contributed by atoms with Crippen LogP contribution in [0.1, 0.15) is 36.5 Å². The quantitative estimate of drug-likeness (QED) is 0.0267. The van der Waals surface area contributed by atoms with Crippen molar-refractivity contribution in [2.24, 2.45) is 0 Å². The third kappa shape index (κ3) is 25.9. The molecule has 0 aliphatic heterocycles. The van der Waals surface area contributed by atoms with Crippen LogP contribution in [0.4, 0.5) is 33.5 Å². The second-order valence-electron chi connectivity index (χ2n) is 31.0. The van der Waals surface area contributed by atoms with Gasteiger partial charge in [0.1, 0.15) is 99.6 Å². The van der Waals surface area contributed by atoms with Gasteiger partial charge in [0, 0.05) is 93.3 Å². The van der Waals surface area contributed by atoms with E-state index in [1.165, 1.54) is 43.2 Å². The lowest BCUT2D eigenvalue weighted by Gasteiger charge is -2.14. The number of fused-ring (bicyclic) bond motifs is 6. The highest BCUT2D eigenvalue weighted by atomic mass is 79.9. The highest BCUT2D eigenvalue weighted by molar-refractivity contribution is 9.10. The van der Waals surface area contributed by atoms with Crippen LogP contribution in [0.2, 0.25) is 35.8 Å². The van der Waals surface area contributed by atoms with Crippen LogP contribution in [0.5, 0.6) is 0 Å². The van der Waals surface area contributed by atoms with Crippen molar-refractivity contribution >= 4 is 225 Å². The van der Waals surface area contributed by atoms with Gasteiger partial charge in [-0.25, -0.2) is 112 Å². The van der Waals surface area contributed by atoms with Gasteiger partial charge in [-0.15, -0.1) is 0 Å². The first kappa shape index (κ1) is 98.8. The van der Waals surface area contributed by atoms with Gasteiger partial charge >= 0.3 is 0 Å². The Bertz CT molecular complexity index is 8180. The number of aromatic nitrogens is 30. The number of anilines is 5. The van der Waals surface area contributed by atoms with Crippen LogP contribution < -0.4 is 31.3 Å². The van der Waals surface area contributed by atoms with Crippen molar-refractivity contribution in [3.05, 3.63) is 287 Å². The zero-order chi connectivity index (χ0) is 98.9. The number of nitrogens with one attached hydrogen (secondary N) is 12. The second-order valence-corrected chi connectivity index (χ2v) is 37.4. The van der Waals surface area contributed by atoms with Crippen LogP contribution in [0.25, 0.3) is 135 Å². The number of halogens is 10. The summed E-state index contributed by atoms with van der Waals surface area (Å²) in [7, 11) is 0.442. The summed E-state index contributed by atoms with van der Waals surface area (Å²) in [6.07, 6.45) is 20.3. The van der Waals surface area contributed by atoms with Gasteiger partial charge in [-0.2, -0.15) is 20.4 Å². The lowest BCUT2D eigenvalue weighted by Crippen LogP contribution is -2.38. The molecule has 716 valence electrons. The Morgan fingerprint density at radius 3 is 1.40 bits per heavy atom. The van der Waals surface area contributed by atoms with Gasteiger partial charge in [0.15, 0.2) is 68.8 Å². The summed E-state index contributed by atoms with van der Waals surface area (Å²) in [5.74, 6) is 2.92. The lowest BCUT2D eigenvalue weighted by atomic mass is 10.1. The van der Waals surface area contributed by atoms with Crippen molar-refractivity contribution in [1.82, 2.24) is 161 Å². The predicted molar refractivity (Wildman–Crippen MR) is 551 cm³/mol. The number of hydrogen-bond acceptors (Lipinski definition) is 32. The van der Waals surface area contributed by atoms with Crippen LogP contribution in [0, 0.1) is 5.82 Å². The zero-order valence-electron chi connectivity index (χ0n) is 74.0. The molecule has 1 aliphatic carbocycles. The van der Waals surface area contributed by atoms with E-state index in [0.717, 1.165) is 91.6 Å². The predicted octanol–water partition coefficient (Wildman–Crippen LogP) is 18.9. The molecule has 12 N–H and O–H groups in total. The maximum atomic E-state index is 14.1. The van der Waals surface area contributed by atoms with Crippen LogP contribution in [-0.4, -0.2) is 209 Å². The van der Waals surface area contributed by atoms with E-state index in [2.05, 4.69) is 219 Å². The van der Waals surface area contributed by atoms with E-state index in [1.54, 1.807) is 80.4 Å². The van der Waals surface area contributed by atoms with Crippen molar-refractivity contribution < 1.29 is 17.6 Å². The fraction of sp³-hybridized carbons (Fsp3) is 0.132. The summed E-state index contributed by atoms with van der Waals surface area (Å²) in [6, 6.07) is 44.5. The van der Waals surface area contributed by atoms with Crippen molar-refractivity contribution in [2.45, 2.75) is 50.7 Å². The first-order chi connectivity index (χ1) is 68.7. The first-order valence-electron chi connectivity index (χ1n) is 42.6. The third-order valence-corrected chi connectivity index (χ3v) is 23.9. The summed E-state index contributed by atoms with van der Waals surface area (Å²) in [5, 5.41) is 46.3. The molecule has 0 spiro atoms. The van der Waals surface area contributed by atoms with Gasteiger partial charge < -0.3 is 41.5 Å². The summed E-state index contributed by atoms with van der Waals surface area (Å²) < 4.78 is 43.3. The first-order valence-corrected chi connectivity index (χ1v) is 48.5. The number of H-pyrrole nitrogens is 6. The zero-order valence-corrected chi connectivity index (χ0v) is 83.3. The van der Waals surface area contributed by atoms with Crippen molar-refractivity contribution in [2.75, 3.05) is 53.2 Å². The average Bonchev–Trinajstić information content (AvgIpc) is 1.69. The Hall–Kier alpha value is -14.8. The summed E-state index contributed by atoms with van der Waals surface area (Å²) in [6.45, 7) is 4.56. The van der Waals surface area contributed by atoms with Gasteiger partial charge in [0.2, 0.25) is 15.9 Å². The monoisotopic (exact) mass is 2190 g/mol. The summed E-state index contributed by atoms with van der Waals surface area (Å²) >= 11 is 48.2. The van der Waals surface area contributed by atoms with E-state index in [1.807, 2.05) is 111 Å². The molecular formula is C91H73Br2Cl7FN37O3S. The van der Waals surface area contributed by atoms with Crippen LogP contribution in [-0.2, 0) is 33.7 Å². The number of rotatable bonds is 24. The van der Waals surface area contributed by atoms with Gasteiger partial charge in [-0.3, -0.25) is 29.9 Å². The summed E-state index contributed by atoms with van der Waals surface area (Å²) in [4.78, 5) is 105. The minimum absolute atomic E-state index is 0.0488. The van der Waals surface area contributed by atoms with Crippen molar-refractivity contribution in [3.8, 4) is 68.3 Å². The second kappa shape index (κ2) is 45.6. The molecule has 51 heteroatoms. The van der Waals surface area contributed by atoms with E-state index in [4.69, 9.17) is 81.2 Å². The smallest absolute Gasteiger partial charge is 0.242 e. The average molecular weight is 2190 g/mol. The Morgan fingerprint density at radius 2 is 0.887 bits per heavy atom. The number of likely N-dealkylation sites (N-methyl/N-ethyl adjacent to an activating group) is 1. The van der Waals surface area contributed by atoms with Gasteiger partial charge in [0.25, 0.3) is 0 Å². The van der Waals surface area contributed by atoms with E-state index in [-0.39, 0.29) is 44.6 Å². The standard InChI is InChI=1S/C17H11Cl2FN6.C17H12Cl2N6.C16H12ClN7O2S.C15H17BrN6.C15H15ClN8O.C11H6BrClN4/c18-10-3-1-9(2-4-10)5-21-16-12(20)7-23-15(26-16)11-6-22-17-14(11)25-13(19)8-24-17;18-11-3-1-10(2-4-11)7-21-14-5-6-20-16(25-14)12-8-22-17-15(12)24-13(19)9-23-17;17-11-8-19-16-13(20-11)14(22-23-16)15-18-7-6-12(21-15)24-27(25,26)9-10-4-2-1-3-5-10;1-22(2)7-6-17-12-9-18-15-14(19-12)13(20-21-15)10-4-3-5-11(16)8-10;1-7(15(25)20-8-2-3-8)19-10-4-5-17-13(22-10)12-11-14(24-23-12)18-6-9(16)21-11;12-7-3-1-2-6(4-7)9-10-11(17-16-9)14-5-8(13)15-10/h1-4,6-8H,5H2,(H,22,24)(H,21,23,26);1-6,8-9H,7H2,(H,22,23)(H,20,21,25);1-8H,9H2,(H,18,21,24)(H,19,22,23);3-5,8-9H,6-7H2,1-2H3,(H,17,19)(H,18,20,21);4-8H,2-3H2,1H3,(H,20,25)(H,17,19,22)(H,18,23,24);1-5H,(H,14,16,17)/t;;;;7-;/m....0./s1. The van der Waals surface area contributed by atoms with Crippen LogP contribution >= 0.6 is 113 Å². The Morgan fingerprint density at radius 1 is 0.444 bits per heavy atom. The Labute approximate surface area is 855 Å². The fourth-order valence-corrected chi connectivity index (χ4v) is 16.3. The van der Waals surface area contributed by atoms with Gasteiger partial charge in [-0.1, -0.05) is 192 Å². The molecule has 142 heavy (non-hydrogen) atoms. The molecule has 1 saturated carbocycles. The molecule has 16 aromatic heterocycles. The number of aromatic amines is 6. The van der Waals surface area contributed by atoms with Gasteiger partial charge in [0.05, 0.1) is 71.6 Å². The minimum atomic E-state index is -3.64. The molecule has 40 nitrogen and oxygen atoms in total. The molecule has 1 aliphatic rings. The molecule has 0 bridgehead atoms. The molecule has 16 heterocycles. The number of sulfonamides is 1. The molecule has 0 saturated heterocycles. The van der Waals surface area contributed by atoms with Crippen molar-refractivity contribution in [1.29, 1.82) is 0 Å². The molecule has 21 aromatic rings. The minimum Gasteiger partial charge on any atom is -0.367 e. The van der Waals surface area contributed by atoms with Crippen LogP contribution in [0.15, 0.2) is 229 Å². The highest BCUT2D eigenvalue weighted by Crippen LogP contribution is 2.34. The Kier molecular flexibility index (Phi) is 31.7. The largest absolute Gasteiger partial charge is 0.367 e. The molecule has 1 fully saturated rings. The van der Waals surface area contributed by atoms with Crippen LogP contribution in [0.3, 0.4) is 0 Å². The van der Waals surface area contributed by atoms with Crippen molar-refractivity contribution in [3.63, 3.8) is 0 Å². The molecular weight excluding hydrogens is 2120 g/mol. The number of nitrogens with zero attached hydrogens (tertiary/aromatic N) is 25.